The van der Waals surface area contributed by atoms with E-state index < -0.39 is 63.1 Å². The van der Waals surface area contributed by atoms with Crippen molar-refractivity contribution < 1.29 is 32.7 Å². The zero-order valence-corrected chi connectivity index (χ0v) is 24.4. The number of hydrogen-bond acceptors (Lipinski definition) is 8. The zero-order valence-electron chi connectivity index (χ0n) is 22.0. The van der Waals surface area contributed by atoms with E-state index in [0.29, 0.717) is 31.3 Å². The van der Waals surface area contributed by atoms with Crippen LogP contribution in [0.5, 0.6) is 0 Å². The fourth-order valence-electron chi connectivity index (χ4n) is 8.64. The smallest absolute Gasteiger partial charge is 0.226 e. The Morgan fingerprint density at radius 1 is 1.28 bits per heavy atom. The number of allylic oxidation sites excluding steroid dienone is 4. The van der Waals surface area contributed by atoms with Crippen molar-refractivity contribution in [3.8, 4) is 0 Å². The summed E-state index contributed by atoms with van der Waals surface area (Å²) in [6.45, 7) is 4.24. The van der Waals surface area contributed by atoms with E-state index in [0.717, 1.165) is 9.09 Å². The molecule has 6 rings (SSSR count). The first-order valence-corrected chi connectivity index (χ1v) is 16.2. The summed E-state index contributed by atoms with van der Waals surface area (Å²) in [6, 6.07) is 3.13. The molecule has 5 nitrogen and oxygen atoms in total. The molecule has 9 atom stereocenters. The van der Waals surface area contributed by atoms with E-state index in [2.05, 4.69) is 0 Å². The summed E-state index contributed by atoms with van der Waals surface area (Å²) in [4.78, 5) is 33.4. The van der Waals surface area contributed by atoms with Gasteiger partial charge in [-0.3, -0.25) is 14.4 Å². The highest BCUT2D eigenvalue weighted by atomic mass is 32.2. The minimum Gasteiger partial charge on any atom is -0.390 e. The van der Waals surface area contributed by atoms with Crippen molar-refractivity contribution in [3.63, 3.8) is 0 Å². The molecule has 0 radical (unpaired) electrons. The van der Waals surface area contributed by atoms with Crippen LogP contribution in [-0.4, -0.2) is 63.4 Å². The Labute approximate surface area is 238 Å². The third kappa shape index (κ3) is 3.65. The van der Waals surface area contributed by atoms with Crippen LogP contribution in [0.1, 0.15) is 38.0 Å². The molecule has 4 fully saturated rings. The molecule has 11 heteroatoms. The Bertz CT molecular complexity index is 1270. The Kier molecular flexibility index (Phi) is 6.80. The molecule has 1 aromatic heterocycles. The fraction of sp³-hybridized carbons (Fsp3) is 0.643. The summed E-state index contributed by atoms with van der Waals surface area (Å²) in [6.07, 6.45) is 2.85. The minimum atomic E-state index is -2.23. The van der Waals surface area contributed by atoms with Crippen molar-refractivity contribution in [2.45, 2.75) is 67.4 Å². The number of aliphatic hydroxyl groups excluding tert-OH is 1. The second kappa shape index (κ2) is 9.46. The van der Waals surface area contributed by atoms with Crippen molar-refractivity contribution in [3.05, 3.63) is 40.8 Å². The molecule has 1 unspecified atom stereocenters. The van der Waals surface area contributed by atoms with E-state index in [1.807, 2.05) is 25.3 Å². The lowest BCUT2D eigenvalue weighted by Crippen LogP contribution is -2.70. The van der Waals surface area contributed by atoms with Crippen LogP contribution in [0.15, 0.2) is 40.1 Å². The molecule has 4 aliphatic carbocycles. The number of thioether (sulfide) groups is 2. The van der Waals surface area contributed by atoms with E-state index in [4.69, 9.17) is 4.84 Å². The van der Waals surface area contributed by atoms with Gasteiger partial charge in [0.1, 0.15) is 12.2 Å². The van der Waals surface area contributed by atoms with Crippen LogP contribution in [-0.2, 0) is 21.0 Å². The second-order valence-electron chi connectivity index (χ2n) is 11.9. The highest BCUT2D eigenvalue weighted by molar-refractivity contribution is 8.13. The van der Waals surface area contributed by atoms with Gasteiger partial charge in [-0.2, -0.15) is 5.06 Å². The fourth-order valence-corrected chi connectivity index (χ4v) is 11.0. The van der Waals surface area contributed by atoms with Crippen LogP contribution in [0.2, 0.25) is 0 Å². The molecule has 1 aliphatic heterocycles. The minimum absolute atomic E-state index is 0.0661. The second-order valence-corrected chi connectivity index (χ2v) is 15.1. The summed E-state index contributed by atoms with van der Waals surface area (Å²) < 4.78 is 47.9. The van der Waals surface area contributed by atoms with Crippen molar-refractivity contribution in [1.29, 1.82) is 0 Å². The van der Waals surface area contributed by atoms with Crippen molar-refractivity contribution in [2.75, 3.05) is 18.8 Å². The van der Waals surface area contributed by atoms with E-state index in [1.54, 1.807) is 35.1 Å². The van der Waals surface area contributed by atoms with E-state index in [1.165, 1.54) is 18.2 Å². The van der Waals surface area contributed by atoms with Gasteiger partial charge in [-0.15, -0.1) is 23.1 Å². The van der Waals surface area contributed by atoms with Crippen LogP contribution < -0.4 is 0 Å². The van der Waals surface area contributed by atoms with Crippen LogP contribution >= 0.6 is 34.9 Å². The summed E-state index contributed by atoms with van der Waals surface area (Å²) >= 11 is 3.83. The number of hydroxylamine groups is 2. The third-order valence-corrected chi connectivity index (χ3v) is 13.2. The molecule has 212 valence electrons. The van der Waals surface area contributed by atoms with Gasteiger partial charge in [0, 0.05) is 34.1 Å². The SMILES string of the molecule is CSc1ccc(CN2CC3C[C@H]4[C@@H]5C[C@H](F)C6=CC(=O)C=C[C@]6(C)[C@@]5(F)[C@@H](O)C[C@]4(C)[C@]3(C(=O)SCF)O2)s1. The van der Waals surface area contributed by atoms with Gasteiger partial charge in [-0.05, 0) is 68.2 Å². The van der Waals surface area contributed by atoms with Gasteiger partial charge in [0.2, 0.25) is 5.12 Å². The van der Waals surface area contributed by atoms with Gasteiger partial charge < -0.3 is 5.11 Å². The first kappa shape index (κ1) is 28.0. The first-order chi connectivity index (χ1) is 18.4. The van der Waals surface area contributed by atoms with E-state index in [-0.39, 0.29) is 24.3 Å². The van der Waals surface area contributed by atoms with Gasteiger partial charge in [-0.1, -0.05) is 24.8 Å². The molecule has 1 N–H and O–H groups in total. The van der Waals surface area contributed by atoms with Crippen LogP contribution in [0.4, 0.5) is 13.2 Å². The molecule has 2 heterocycles. The van der Waals surface area contributed by atoms with Crippen molar-refractivity contribution in [2.24, 2.45) is 28.6 Å². The van der Waals surface area contributed by atoms with Gasteiger partial charge in [0.05, 0.1) is 16.9 Å². The molecule has 39 heavy (non-hydrogen) atoms. The number of aliphatic hydroxyl groups is 1. The maximum atomic E-state index is 17.5. The lowest BCUT2D eigenvalue weighted by molar-refractivity contribution is -0.266. The van der Waals surface area contributed by atoms with Crippen LogP contribution in [0, 0.1) is 28.6 Å². The predicted octanol–water partition coefficient (Wildman–Crippen LogP) is 5.69. The molecular formula is C28H32F3NO4S3. The Hall–Kier alpha value is -1.11. The van der Waals surface area contributed by atoms with E-state index in [9.17, 15) is 19.1 Å². The van der Waals surface area contributed by atoms with Gasteiger partial charge in [0.25, 0.3) is 0 Å². The molecule has 0 bridgehead atoms. The maximum Gasteiger partial charge on any atom is 0.226 e. The summed E-state index contributed by atoms with van der Waals surface area (Å²) in [5.74, 6) is -2.14. The molecular weight excluding hydrogens is 568 g/mol. The first-order valence-electron chi connectivity index (χ1n) is 13.2. The number of halogens is 3. The van der Waals surface area contributed by atoms with E-state index >= 15 is 8.78 Å². The Balaban J connectivity index is 1.39. The summed E-state index contributed by atoms with van der Waals surface area (Å²) in [5, 5.41) is 12.9. The number of fused-ring (bicyclic) bond motifs is 7. The standard InChI is InChI=1S/C28H32F3NO4S3/c1-25-7-6-16(33)9-20(25)21(30)10-19-18-8-15-12-32(13-17-4-5-23(37-3)39-17)36-28(15,24(35)38-14-29)26(18,2)11-22(34)27(19,25)31/h4-7,9,15,18-19,21-22,34H,8,10-14H2,1-3H3/t15?,18-,19-,21-,22-,25-,26-,27-,28-/m0/s1. The lowest BCUT2D eigenvalue weighted by Gasteiger charge is -2.63. The van der Waals surface area contributed by atoms with Gasteiger partial charge in [0.15, 0.2) is 17.1 Å². The number of thiophene rings is 1. The molecule has 1 saturated heterocycles. The molecule has 0 spiro atoms. The molecule has 0 aromatic carbocycles. The number of carbonyl (C=O) groups excluding carboxylic acids is 2. The van der Waals surface area contributed by atoms with Gasteiger partial charge >= 0.3 is 0 Å². The predicted molar refractivity (Wildman–Crippen MR) is 146 cm³/mol. The summed E-state index contributed by atoms with van der Waals surface area (Å²) in [7, 11) is 0. The number of hydrogen-bond donors (Lipinski definition) is 1. The average molecular weight is 600 g/mol. The maximum absolute atomic E-state index is 17.5. The normalized spacial score (nSPS) is 44.9. The zero-order chi connectivity index (χ0) is 28.0. The van der Waals surface area contributed by atoms with Crippen molar-refractivity contribution >= 4 is 45.8 Å². The number of carbonyl (C=O) groups is 2. The largest absolute Gasteiger partial charge is 0.390 e. The Morgan fingerprint density at radius 2 is 2.05 bits per heavy atom. The van der Waals surface area contributed by atoms with Crippen molar-refractivity contribution in [1.82, 2.24) is 5.06 Å². The molecule has 1 aromatic rings. The molecule has 0 amide bonds. The lowest BCUT2D eigenvalue weighted by atomic mass is 9.44. The van der Waals surface area contributed by atoms with Gasteiger partial charge in [-0.25, -0.2) is 13.2 Å². The third-order valence-electron chi connectivity index (χ3n) is 10.3. The van der Waals surface area contributed by atoms with Crippen LogP contribution in [0.3, 0.4) is 0 Å². The monoisotopic (exact) mass is 599 g/mol. The number of alkyl halides is 3. The molecule has 3 saturated carbocycles. The number of nitrogens with zero attached hydrogens (tertiary/aromatic N) is 1. The van der Waals surface area contributed by atoms with Crippen LogP contribution in [0.25, 0.3) is 0 Å². The average Bonchev–Trinajstić information content (AvgIpc) is 3.56. The number of ketones is 1. The molecule has 5 aliphatic rings. The number of rotatable bonds is 5. The highest BCUT2D eigenvalue weighted by Crippen LogP contribution is 2.73. The summed E-state index contributed by atoms with van der Waals surface area (Å²) in [5.41, 5.74) is -6.16. The Morgan fingerprint density at radius 3 is 2.74 bits per heavy atom. The highest BCUT2D eigenvalue weighted by Gasteiger charge is 2.79. The topological polar surface area (TPSA) is 66.8 Å². The quantitative estimate of drug-likeness (QED) is 0.437.